The van der Waals surface area contributed by atoms with Crippen LogP contribution in [0.5, 0.6) is 0 Å². The first-order valence-electron chi connectivity index (χ1n) is 7.17. The highest BCUT2D eigenvalue weighted by Gasteiger charge is 2.29. The number of aryl methyl sites for hydroxylation is 1. The summed E-state index contributed by atoms with van der Waals surface area (Å²) in [4.78, 5) is 5.22. The Morgan fingerprint density at radius 2 is 1.83 bits per heavy atom. The molecule has 2 atom stereocenters. The second-order valence-corrected chi connectivity index (χ2v) is 9.05. The van der Waals surface area contributed by atoms with Crippen molar-refractivity contribution in [2.24, 2.45) is 0 Å². The van der Waals surface area contributed by atoms with Crippen molar-refractivity contribution in [2.45, 2.75) is 44.9 Å². The van der Waals surface area contributed by atoms with Gasteiger partial charge in [0.25, 0.3) is 6.43 Å². The van der Waals surface area contributed by atoms with Gasteiger partial charge in [0.2, 0.25) is 0 Å². The number of thiazole rings is 1. The van der Waals surface area contributed by atoms with Crippen molar-refractivity contribution in [3.63, 3.8) is 0 Å². The molecule has 0 saturated carbocycles. The van der Waals surface area contributed by atoms with Gasteiger partial charge in [-0.15, -0.1) is 11.3 Å². The molecule has 1 unspecified atom stereocenters. The number of nitrogens with one attached hydrogen (secondary N) is 1. The van der Waals surface area contributed by atoms with Crippen molar-refractivity contribution in [1.29, 1.82) is 0 Å². The van der Waals surface area contributed by atoms with Gasteiger partial charge in [0, 0.05) is 0 Å². The summed E-state index contributed by atoms with van der Waals surface area (Å²) in [6.45, 7) is 7.15. The number of hydrogen-bond acceptors (Lipinski definition) is 3. The number of hydrogen-bond donors (Lipinski definition) is 1. The van der Waals surface area contributed by atoms with Gasteiger partial charge >= 0.3 is 0 Å². The van der Waals surface area contributed by atoms with Gasteiger partial charge in [-0.3, -0.25) is 0 Å². The smallest absolute Gasteiger partial charge is 0.249 e. The molecule has 1 N–H and O–H groups in total. The molecule has 0 radical (unpaired) electrons. The predicted octanol–water partition coefficient (Wildman–Crippen LogP) is 4.48. The zero-order valence-electron chi connectivity index (χ0n) is 13.5. The van der Waals surface area contributed by atoms with E-state index in [9.17, 15) is 13.0 Å². The lowest BCUT2D eigenvalue weighted by Crippen LogP contribution is -2.38. The van der Waals surface area contributed by atoms with Crippen molar-refractivity contribution in [1.82, 2.24) is 9.71 Å². The summed E-state index contributed by atoms with van der Waals surface area (Å²) in [5.74, 6) is 0. The van der Waals surface area contributed by atoms with Crippen LogP contribution >= 0.6 is 11.3 Å². The normalized spacial score (nSPS) is 14.9. The fourth-order valence-corrected chi connectivity index (χ4v) is 3.61. The second kappa shape index (κ2) is 7.15. The van der Waals surface area contributed by atoms with Crippen LogP contribution in [0.25, 0.3) is 10.4 Å². The van der Waals surface area contributed by atoms with E-state index in [1.165, 1.54) is 11.3 Å². The molecular weight excluding hydrogens is 338 g/mol. The molecule has 1 aromatic carbocycles. The minimum Gasteiger partial charge on any atom is -0.249 e. The van der Waals surface area contributed by atoms with E-state index in [2.05, 4.69) is 9.71 Å². The van der Waals surface area contributed by atoms with Gasteiger partial charge in [0.15, 0.2) is 0 Å². The molecule has 3 nitrogen and oxygen atoms in total. The highest BCUT2D eigenvalue weighted by molar-refractivity contribution is 7.84. The first-order chi connectivity index (χ1) is 10.7. The van der Waals surface area contributed by atoms with Crippen LogP contribution in [-0.4, -0.2) is 20.4 Å². The van der Waals surface area contributed by atoms with E-state index in [-0.39, 0.29) is 0 Å². The van der Waals surface area contributed by atoms with Gasteiger partial charge in [-0.05, 0) is 38.8 Å². The molecule has 0 aliphatic carbocycles. The van der Waals surface area contributed by atoms with Crippen LogP contribution in [-0.2, 0) is 11.0 Å². The quantitative estimate of drug-likeness (QED) is 0.856. The van der Waals surface area contributed by atoms with E-state index < -0.39 is 28.2 Å². The lowest BCUT2D eigenvalue weighted by molar-refractivity contribution is 0.109. The molecule has 0 spiro atoms. The number of benzene rings is 1. The molecule has 2 aromatic rings. The van der Waals surface area contributed by atoms with E-state index in [0.717, 1.165) is 16.1 Å². The molecule has 23 heavy (non-hydrogen) atoms. The largest absolute Gasteiger partial charge is 0.258 e. The Balaban J connectivity index is 2.24. The zero-order valence-corrected chi connectivity index (χ0v) is 15.1. The van der Waals surface area contributed by atoms with Crippen LogP contribution in [0.3, 0.4) is 0 Å². The molecule has 0 bridgehead atoms. The third-order valence-corrected chi connectivity index (χ3v) is 5.88. The minimum absolute atomic E-state index is 0.420. The molecule has 7 heteroatoms. The van der Waals surface area contributed by atoms with Crippen molar-refractivity contribution in [2.75, 3.05) is 0 Å². The van der Waals surface area contributed by atoms with E-state index in [1.54, 1.807) is 50.5 Å². The number of aromatic nitrogens is 1. The lowest BCUT2D eigenvalue weighted by Gasteiger charge is -2.24. The molecule has 0 amide bonds. The Bertz CT molecular complexity index is 678. The Morgan fingerprint density at radius 3 is 2.26 bits per heavy atom. The molecule has 1 aromatic heterocycles. The summed E-state index contributed by atoms with van der Waals surface area (Å²) in [5, 5.41) is 0. The maximum atomic E-state index is 13.4. The van der Waals surface area contributed by atoms with Crippen molar-refractivity contribution in [3.8, 4) is 10.4 Å². The molecule has 0 fully saturated rings. The Morgan fingerprint density at radius 1 is 1.22 bits per heavy atom. The highest BCUT2D eigenvalue weighted by Crippen LogP contribution is 2.30. The second-order valence-electron chi connectivity index (χ2n) is 6.20. The topological polar surface area (TPSA) is 42.0 Å². The zero-order chi connectivity index (χ0) is 17.2. The molecule has 2 rings (SSSR count). The standard InChI is InChI=1S/C16H20F2N2OS2/c1-10-14(22-9-19-10)12-7-5-11(6-8-12)13(15(17)18)20-23(21)16(2,3)4/h5-9,13,15,20H,1-4H3/t13-,23?/m1/s1. The maximum Gasteiger partial charge on any atom is 0.258 e. The molecule has 0 saturated heterocycles. The summed E-state index contributed by atoms with van der Waals surface area (Å²) in [6.07, 6.45) is -2.64. The Labute approximate surface area is 141 Å². The van der Waals surface area contributed by atoms with Crippen LogP contribution in [0.15, 0.2) is 29.8 Å². The molecular formula is C16H20F2N2OS2. The monoisotopic (exact) mass is 358 g/mol. The van der Waals surface area contributed by atoms with Crippen molar-refractivity contribution in [3.05, 3.63) is 41.0 Å². The minimum atomic E-state index is -2.64. The highest BCUT2D eigenvalue weighted by atomic mass is 32.2. The predicted molar refractivity (Wildman–Crippen MR) is 92.1 cm³/mol. The van der Waals surface area contributed by atoms with Crippen LogP contribution < -0.4 is 4.72 Å². The summed E-state index contributed by atoms with van der Waals surface area (Å²) in [7, 11) is -1.56. The van der Waals surface area contributed by atoms with Crippen LogP contribution in [0.2, 0.25) is 0 Å². The van der Waals surface area contributed by atoms with Gasteiger partial charge in [-0.2, -0.15) is 0 Å². The van der Waals surface area contributed by atoms with Gasteiger partial charge in [0.05, 0.1) is 31.8 Å². The maximum absolute atomic E-state index is 13.4. The van der Waals surface area contributed by atoms with Crippen molar-refractivity contribution >= 4 is 22.3 Å². The average molecular weight is 358 g/mol. The van der Waals surface area contributed by atoms with Crippen molar-refractivity contribution < 1.29 is 13.0 Å². The van der Waals surface area contributed by atoms with Crippen LogP contribution in [0.1, 0.15) is 38.1 Å². The van der Waals surface area contributed by atoms with Gasteiger partial charge in [-0.1, -0.05) is 24.3 Å². The lowest BCUT2D eigenvalue weighted by atomic mass is 10.0. The van der Waals surface area contributed by atoms with Gasteiger partial charge < -0.3 is 0 Å². The summed E-state index contributed by atoms with van der Waals surface area (Å²) >= 11 is 1.51. The fraction of sp³-hybridized carbons (Fsp3) is 0.438. The van der Waals surface area contributed by atoms with Gasteiger partial charge in [-0.25, -0.2) is 22.7 Å². The molecule has 126 valence electrons. The first kappa shape index (κ1) is 18.2. The number of rotatable bonds is 5. The number of nitrogens with zero attached hydrogens (tertiary/aromatic N) is 1. The molecule has 1 heterocycles. The number of halogens is 2. The first-order valence-corrected chi connectivity index (χ1v) is 9.19. The van der Waals surface area contributed by atoms with E-state index >= 15 is 0 Å². The molecule has 0 aliphatic heterocycles. The summed E-state index contributed by atoms with van der Waals surface area (Å²) in [5.41, 5.74) is 4.04. The Hall–Kier alpha value is -1.18. The third-order valence-electron chi connectivity index (χ3n) is 3.32. The third kappa shape index (κ3) is 4.43. The molecule has 0 aliphatic rings. The van der Waals surface area contributed by atoms with Crippen LogP contribution in [0.4, 0.5) is 8.78 Å². The average Bonchev–Trinajstić information content (AvgIpc) is 2.89. The summed E-state index contributed by atoms with van der Waals surface area (Å²) < 4.78 is 40.8. The van der Waals surface area contributed by atoms with Crippen LogP contribution in [0, 0.1) is 6.92 Å². The van der Waals surface area contributed by atoms with Gasteiger partial charge in [0.1, 0.15) is 6.04 Å². The van der Waals surface area contributed by atoms with E-state index in [0.29, 0.717) is 5.56 Å². The Kier molecular flexibility index (Phi) is 5.65. The fourth-order valence-electron chi connectivity index (χ4n) is 1.98. The summed E-state index contributed by atoms with van der Waals surface area (Å²) in [6, 6.07) is 5.64. The van der Waals surface area contributed by atoms with E-state index in [4.69, 9.17) is 0 Å². The SMILES string of the molecule is Cc1ncsc1-c1ccc([C@@H](NS(=O)C(C)(C)C)C(F)F)cc1. The van der Waals surface area contributed by atoms with E-state index in [1.807, 2.05) is 6.92 Å². The number of alkyl halides is 2.